The van der Waals surface area contributed by atoms with E-state index in [9.17, 15) is 0 Å². The van der Waals surface area contributed by atoms with Crippen molar-refractivity contribution in [2.24, 2.45) is 9.98 Å². The van der Waals surface area contributed by atoms with Crippen LogP contribution in [-0.2, 0) is 27.4 Å². The van der Waals surface area contributed by atoms with Crippen molar-refractivity contribution in [3.8, 4) is 0 Å². The summed E-state index contributed by atoms with van der Waals surface area (Å²) in [6.45, 7) is 4.93. The minimum Gasteiger partial charge on any atom is -0.459 e. The highest BCUT2D eigenvalue weighted by Crippen LogP contribution is 2.41. The van der Waals surface area contributed by atoms with Gasteiger partial charge in [-0.05, 0) is 23.3 Å². The average Bonchev–Trinajstić information content (AvgIpc) is 3.30. The van der Waals surface area contributed by atoms with Crippen LogP contribution in [-0.4, -0.2) is 64.2 Å². The zero-order valence-electron chi connectivity index (χ0n) is 19.0. The first-order chi connectivity index (χ1) is 16.2. The summed E-state index contributed by atoms with van der Waals surface area (Å²) in [5.74, 6) is 0. The Labute approximate surface area is 199 Å². The quantitative estimate of drug-likeness (QED) is 0.571. The third-order valence-corrected chi connectivity index (χ3v) is 6.43. The van der Waals surface area contributed by atoms with Crippen LogP contribution in [0.3, 0.4) is 0 Å². The summed E-state index contributed by atoms with van der Waals surface area (Å²) >= 11 is 1.69. The van der Waals surface area contributed by atoms with Crippen molar-refractivity contribution in [2.75, 3.05) is 52.4 Å². The molecule has 1 N–H and O–H groups in total. The van der Waals surface area contributed by atoms with E-state index < -0.39 is 0 Å². The predicted molar refractivity (Wildman–Crippen MR) is 133 cm³/mol. The van der Waals surface area contributed by atoms with Gasteiger partial charge in [-0.2, -0.15) is 4.99 Å². The predicted octanol–water partition coefficient (Wildman–Crippen LogP) is 4.04. The highest BCUT2D eigenvalue weighted by Gasteiger charge is 2.20. The lowest BCUT2D eigenvalue weighted by atomic mass is 10.1. The molecule has 0 fully saturated rings. The summed E-state index contributed by atoms with van der Waals surface area (Å²) in [6.07, 6.45) is 3.09. The number of nitrogens with one attached hydrogen (secondary N) is 1. The Hall–Kier alpha value is -2.65. The fourth-order valence-corrected chi connectivity index (χ4v) is 4.43. The molecule has 0 saturated heterocycles. The molecule has 2 aliphatic rings. The Bertz CT molecular complexity index is 986. The van der Waals surface area contributed by atoms with Crippen LogP contribution in [0.5, 0.6) is 0 Å². The fraction of sp³-hybridized carbons (Fsp3) is 0.360. The third kappa shape index (κ3) is 6.68. The van der Waals surface area contributed by atoms with Crippen LogP contribution >= 0.6 is 11.8 Å². The molecule has 173 valence electrons. The first-order valence-corrected chi connectivity index (χ1v) is 11.8. The van der Waals surface area contributed by atoms with Crippen LogP contribution in [0.2, 0.25) is 0 Å². The molecule has 7 nitrogen and oxygen atoms in total. The molecule has 4 rings (SSSR count). The molecule has 2 aliphatic heterocycles. The molecule has 0 aliphatic carbocycles. The van der Waals surface area contributed by atoms with Gasteiger partial charge >= 0.3 is 6.02 Å². The molecule has 1 radical (unpaired) electrons. The number of para-hydroxylation sites is 1. The van der Waals surface area contributed by atoms with Crippen LogP contribution < -0.4 is 5.32 Å². The van der Waals surface area contributed by atoms with Crippen molar-refractivity contribution in [2.45, 2.75) is 18.0 Å². The first kappa shape index (κ1) is 23.5. The molecule has 0 saturated carbocycles. The summed E-state index contributed by atoms with van der Waals surface area (Å²) in [5, 5.41) is 4.44. The second-order valence-corrected chi connectivity index (χ2v) is 8.77. The van der Waals surface area contributed by atoms with E-state index in [1.165, 1.54) is 10.5 Å². The number of ether oxygens (including phenoxy) is 3. The summed E-state index contributed by atoms with van der Waals surface area (Å²) in [5.41, 5.74) is 4.37. The number of fused-ring (bicyclic) bond motifs is 1. The molecular weight excluding hydrogens is 436 g/mol. The Morgan fingerprint density at radius 2 is 1.73 bits per heavy atom. The van der Waals surface area contributed by atoms with Crippen LogP contribution in [0.1, 0.15) is 11.1 Å². The highest BCUT2D eigenvalue weighted by molar-refractivity contribution is 8.03. The molecule has 2 aromatic rings. The Kier molecular flexibility index (Phi) is 8.54. The molecule has 0 atom stereocenters. The van der Waals surface area contributed by atoms with E-state index in [-0.39, 0.29) is 0 Å². The van der Waals surface area contributed by atoms with Gasteiger partial charge in [0.05, 0.1) is 30.5 Å². The number of anilines is 1. The number of rotatable bonds is 10. The van der Waals surface area contributed by atoms with Crippen LogP contribution in [0.15, 0.2) is 74.0 Å². The lowest BCUT2D eigenvalue weighted by Gasteiger charge is -2.21. The van der Waals surface area contributed by atoms with Crippen molar-refractivity contribution in [3.05, 3.63) is 70.3 Å². The lowest BCUT2D eigenvalue weighted by Crippen LogP contribution is -2.30. The summed E-state index contributed by atoms with van der Waals surface area (Å²) in [6, 6.07) is 17.0. The van der Waals surface area contributed by atoms with E-state index in [1.807, 2.05) is 12.1 Å². The van der Waals surface area contributed by atoms with Gasteiger partial charge in [0.25, 0.3) is 0 Å². The number of nitrogens with zero attached hydrogens (tertiary/aromatic N) is 3. The molecule has 0 amide bonds. The van der Waals surface area contributed by atoms with Crippen molar-refractivity contribution in [3.63, 3.8) is 0 Å². The van der Waals surface area contributed by atoms with E-state index in [4.69, 9.17) is 14.2 Å². The van der Waals surface area contributed by atoms with Crippen LogP contribution in [0.4, 0.5) is 5.69 Å². The number of hydrogen-bond acceptors (Lipinski definition) is 8. The topological polar surface area (TPSA) is 67.7 Å². The molecule has 0 unspecified atom stereocenters. The van der Waals surface area contributed by atoms with Crippen molar-refractivity contribution < 1.29 is 14.2 Å². The molecule has 33 heavy (non-hydrogen) atoms. The van der Waals surface area contributed by atoms with E-state index in [2.05, 4.69) is 62.8 Å². The zero-order chi connectivity index (χ0) is 22.9. The Morgan fingerprint density at radius 1 is 1.00 bits per heavy atom. The normalized spacial score (nSPS) is 17.1. The molecule has 8 heteroatoms. The maximum absolute atomic E-state index is 5.80. The second kappa shape index (κ2) is 12.0. The standard InChI is InChI=1S/C25H29N4O3S/c1-30-13-11-29(12-14-31-2)17-19-7-9-20(10-8-19)18-32-25-26-15-21(16-27-25)24-28-22-5-3-4-6-23(22)33-24/h3-10,28H,11-15,17-18H2,1-2H3. The van der Waals surface area contributed by atoms with Gasteiger partial charge in [-0.3, -0.25) is 4.90 Å². The van der Waals surface area contributed by atoms with Crippen molar-refractivity contribution in [1.82, 2.24) is 4.90 Å². The first-order valence-electron chi connectivity index (χ1n) is 10.9. The number of benzene rings is 2. The Morgan fingerprint density at radius 3 is 2.39 bits per heavy atom. The SMILES string of the molecule is COCCN(CCOC)Cc1ccc(COC2=NCC(=C3Nc4ccccc4S3)[C]=N2)cc1. The minimum absolute atomic E-state index is 0.370. The van der Waals surface area contributed by atoms with E-state index in [0.29, 0.717) is 32.4 Å². The molecule has 2 aromatic carbocycles. The number of thioether (sulfide) groups is 1. The fourth-order valence-electron chi connectivity index (χ4n) is 3.44. The zero-order valence-corrected chi connectivity index (χ0v) is 19.9. The van der Waals surface area contributed by atoms with Gasteiger partial charge in [-0.25, -0.2) is 4.99 Å². The maximum Gasteiger partial charge on any atom is 0.312 e. The van der Waals surface area contributed by atoms with Crippen LogP contribution in [0, 0.1) is 0 Å². The molecule has 2 heterocycles. The number of hydrogen-bond donors (Lipinski definition) is 1. The monoisotopic (exact) mass is 465 g/mol. The summed E-state index contributed by atoms with van der Waals surface area (Å²) in [4.78, 5) is 12.3. The number of methoxy groups -OCH3 is 2. The van der Waals surface area contributed by atoms with Gasteiger partial charge in [0, 0.05) is 44.3 Å². The number of amidine groups is 1. The maximum atomic E-state index is 5.80. The smallest absolute Gasteiger partial charge is 0.312 e. The van der Waals surface area contributed by atoms with Crippen molar-refractivity contribution in [1.29, 1.82) is 0 Å². The van der Waals surface area contributed by atoms with E-state index in [1.54, 1.807) is 26.0 Å². The molecule has 0 spiro atoms. The largest absolute Gasteiger partial charge is 0.459 e. The van der Waals surface area contributed by atoms with E-state index >= 15 is 0 Å². The van der Waals surface area contributed by atoms with Gasteiger partial charge in [-0.15, -0.1) is 0 Å². The van der Waals surface area contributed by atoms with E-state index in [0.717, 1.165) is 41.5 Å². The van der Waals surface area contributed by atoms with Gasteiger partial charge in [0.15, 0.2) is 0 Å². The summed E-state index contributed by atoms with van der Waals surface area (Å²) in [7, 11) is 3.45. The second-order valence-electron chi connectivity index (χ2n) is 7.72. The summed E-state index contributed by atoms with van der Waals surface area (Å²) < 4.78 is 16.2. The Balaban J connectivity index is 1.26. The highest BCUT2D eigenvalue weighted by atomic mass is 32.2. The van der Waals surface area contributed by atoms with Crippen LogP contribution in [0.25, 0.3) is 0 Å². The molecular formula is C25H29N4O3S. The number of aliphatic imine (C=N–C) groups is 2. The van der Waals surface area contributed by atoms with Gasteiger partial charge in [-0.1, -0.05) is 48.2 Å². The average molecular weight is 466 g/mol. The minimum atomic E-state index is 0.370. The van der Waals surface area contributed by atoms with Gasteiger partial charge in [0.2, 0.25) is 0 Å². The van der Waals surface area contributed by atoms with Crippen molar-refractivity contribution >= 4 is 29.7 Å². The van der Waals surface area contributed by atoms with Gasteiger partial charge < -0.3 is 19.5 Å². The third-order valence-electron chi connectivity index (χ3n) is 5.30. The van der Waals surface area contributed by atoms with Gasteiger partial charge in [0.1, 0.15) is 12.8 Å². The molecule has 0 bridgehead atoms. The molecule has 0 aromatic heterocycles. The lowest BCUT2D eigenvalue weighted by molar-refractivity contribution is 0.110.